The zero-order valence-electron chi connectivity index (χ0n) is 11.4. The Hall–Kier alpha value is -2.36. The van der Waals surface area contributed by atoms with E-state index in [1.54, 1.807) is 12.1 Å². The Morgan fingerprint density at radius 3 is 2.50 bits per heavy atom. The molecule has 0 heterocycles. The van der Waals surface area contributed by atoms with E-state index in [1.165, 1.54) is 31.4 Å². The van der Waals surface area contributed by atoms with E-state index in [0.29, 0.717) is 17.1 Å². The topological polar surface area (TPSA) is 35.5 Å². The van der Waals surface area contributed by atoms with Gasteiger partial charge in [0.15, 0.2) is 6.61 Å². The molecule has 0 radical (unpaired) electrons. The van der Waals surface area contributed by atoms with Crippen molar-refractivity contribution in [3.63, 3.8) is 0 Å². The van der Waals surface area contributed by atoms with Crippen molar-refractivity contribution in [2.75, 3.05) is 13.7 Å². The monoisotopic (exact) mass is 274 g/mol. The number of Topliss-reactive ketones (excluding diaryl/α,β-unsaturated/α-hetero) is 1. The van der Waals surface area contributed by atoms with Crippen LogP contribution < -0.4 is 9.47 Å². The Morgan fingerprint density at radius 2 is 1.85 bits per heavy atom. The summed E-state index contributed by atoms with van der Waals surface area (Å²) in [7, 11) is 1.52. The van der Waals surface area contributed by atoms with Crippen LogP contribution in [-0.4, -0.2) is 19.5 Å². The molecule has 2 aromatic rings. The highest BCUT2D eigenvalue weighted by Crippen LogP contribution is 2.21. The quantitative estimate of drug-likeness (QED) is 0.784. The van der Waals surface area contributed by atoms with Gasteiger partial charge in [-0.1, -0.05) is 6.07 Å². The maximum absolute atomic E-state index is 12.7. The van der Waals surface area contributed by atoms with E-state index >= 15 is 0 Å². The number of carbonyl (C=O) groups is 1. The molecule has 20 heavy (non-hydrogen) atoms. The molecule has 0 aromatic heterocycles. The lowest BCUT2D eigenvalue weighted by molar-refractivity contribution is 0.0918. The van der Waals surface area contributed by atoms with Crippen LogP contribution in [-0.2, 0) is 0 Å². The second kappa shape index (κ2) is 6.19. The molecule has 0 spiro atoms. The molecule has 2 rings (SSSR count). The summed E-state index contributed by atoms with van der Waals surface area (Å²) in [5, 5.41) is 0. The first-order chi connectivity index (χ1) is 9.60. The van der Waals surface area contributed by atoms with Crippen molar-refractivity contribution in [2.45, 2.75) is 6.92 Å². The summed E-state index contributed by atoms with van der Waals surface area (Å²) in [6.45, 7) is 1.80. The minimum atomic E-state index is -0.344. The number of aryl methyl sites for hydroxylation is 1. The lowest BCUT2D eigenvalue weighted by atomic mass is 10.1. The number of halogens is 1. The summed E-state index contributed by atoms with van der Waals surface area (Å²) >= 11 is 0. The van der Waals surface area contributed by atoms with Gasteiger partial charge in [-0.25, -0.2) is 4.39 Å². The molecule has 0 atom stereocenters. The molecule has 4 heteroatoms. The molecule has 0 bridgehead atoms. The Morgan fingerprint density at radius 1 is 1.15 bits per heavy atom. The molecule has 0 unspecified atom stereocenters. The average Bonchev–Trinajstić information content (AvgIpc) is 2.46. The third-order valence-electron chi connectivity index (χ3n) is 2.84. The highest BCUT2D eigenvalue weighted by atomic mass is 19.1. The molecular weight excluding hydrogens is 259 g/mol. The molecule has 0 N–H and O–H groups in total. The van der Waals surface area contributed by atoms with Crippen molar-refractivity contribution in [3.05, 3.63) is 59.4 Å². The number of methoxy groups -OCH3 is 1. The van der Waals surface area contributed by atoms with Crippen LogP contribution in [0, 0.1) is 12.7 Å². The van der Waals surface area contributed by atoms with E-state index in [-0.39, 0.29) is 18.2 Å². The fraction of sp³-hybridized carbons (Fsp3) is 0.188. The van der Waals surface area contributed by atoms with Gasteiger partial charge in [0.1, 0.15) is 17.3 Å². The molecule has 0 aliphatic heterocycles. The fourth-order valence-electron chi connectivity index (χ4n) is 1.79. The first-order valence-electron chi connectivity index (χ1n) is 6.16. The lowest BCUT2D eigenvalue weighted by Gasteiger charge is -2.09. The molecule has 0 aliphatic rings. The van der Waals surface area contributed by atoms with Gasteiger partial charge in [0.2, 0.25) is 5.78 Å². The van der Waals surface area contributed by atoms with Crippen molar-refractivity contribution >= 4 is 5.78 Å². The van der Waals surface area contributed by atoms with Crippen molar-refractivity contribution in [3.8, 4) is 11.5 Å². The fourth-order valence-corrected chi connectivity index (χ4v) is 1.79. The molecule has 0 aliphatic carbocycles. The highest BCUT2D eigenvalue weighted by molar-refractivity contribution is 5.99. The van der Waals surface area contributed by atoms with Crippen LogP contribution in [0.2, 0.25) is 0 Å². The number of benzene rings is 2. The van der Waals surface area contributed by atoms with Gasteiger partial charge in [0, 0.05) is 0 Å². The van der Waals surface area contributed by atoms with E-state index in [4.69, 9.17) is 9.47 Å². The predicted octanol–water partition coefficient (Wildman–Crippen LogP) is 3.40. The predicted molar refractivity (Wildman–Crippen MR) is 74.0 cm³/mol. The first kappa shape index (κ1) is 14.1. The van der Waals surface area contributed by atoms with Crippen LogP contribution in [0.5, 0.6) is 11.5 Å². The van der Waals surface area contributed by atoms with Gasteiger partial charge in [-0.05, 0) is 48.9 Å². The van der Waals surface area contributed by atoms with Crippen LogP contribution in [0.15, 0.2) is 42.5 Å². The molecule has 0 amide bonds. The van der Waals surface area contributed by atoms with E-state index in [9.17, 15) is 9.18 Å². The number of hydrogen-bond acceptors (Lipinski definition) is 3. The number of ketones is 1. The lowest BCUT2D eigenvalue weighted by Crippen LogP contribution is -2.12. The average molecular weight is 274 g/mol. The van der Waals surface area contributed by atoms with E-state index in [2.05, 4.69) is 0 Å². The second-order valence-electron chi connectivity index (χ2n) is 4.37. The van der Waals surface area contributed by atoms with Gasteiger partial charge >= 0.3 is 0 Å². The third-order valence-corrected chi connectivity index (χ3v) is 2.84. The summed E-state index contributed by atoms with van der Waals surface area (Å²) in [6.07, 6.45) is 0. The van der Waals surface area contributed by atoms with Crippen LogP contribution in [0.1, 0.15) is 15.9 Å². The maximum Gasteiger partial charge on any atom is 0.203 e. The summed E-state index contributed by atoms with van der Waals surface area (Å²) in [6, 6.07) is 10.9. The Labute approximate surface area is 117 Å². The first-order valence-corrected chi connectivity index (χ1v) is 6.16. The SMILES string of the molecule is COc1cc(C)ccc1C(=O)COc1ccc(F)cc1. The largest absolute Gasteiger partial charge is 0.496 e. The van der Waals surface area contributed by atoms with Crippen LogP contribution >= 0.6 is 0 Å². The molecular formula is C16H15FO3. The van der Waals surface area contributed by atoms with Crippen molar-refractivity contribution in [1.82, 2.24) is 0 Å². The van der Waals surface area contributed by atoms with Gasteiger partial charge < -0.3 is 9.47 Å². The number of rotatable bonds is 5. The van der Waals surface area contributed by atoms with Gasteiger partial charge in [-0.3, -0.25) is 4.79 Å². The minimum absolute atomic E-state index is 0.120. The number of ether oxygens (including phenoxy) is 2. The van der Waals surface area contributed by atoms with Crippen molar-refractivity contribution in [2.24, 2.45) is 0 Å². The van der Waals surface area contributed by atoms with Crippen LogP contribution in [0.25, 0.3) is 0 Å². The van der Waals surface area contributed by atoms with Crippen LogP contribution in [0.3, 0.4) is 0 Å². The van der Waals surface area contributed by atoms with Gasteiger partial charge in [0.05, 0.1) is 12.7 Å². The summed E-state index contributed by atoms with van der Waals surface area (Å²) in [5.74, 6) is 0.443. The van der Waals surface area contributed by atoms with E-state index in [1.807, 2.05) is 13.0 Å². The summed E-state index contributed by atoms with van der Waals surface area (Å²) in [5.41, 5.74) is 1.48. The molecule has 0 saturated carbocycles. The van der Waals surface area contributed by atoms with Gasteiger partial charge in [-0.15, -0.1) is 0 Å². The zero-order valence-corrected chi connectivity index (χ0v) is 11.4. The van der Waals surface area contributed by atoms with Gasteiger partial charge in [0.25, 0.3) is 0 Å². The van der Waals surface area contributed by atoms with Gasteiger partial charge in [-0.2, -0.15) is 0 Å². The smallest absolute Gasteiger partial charge is 0.203 e. The van der Waals surface area contributed by atoms with Crippen LogP contribution in [0.4, 0.5) is 4.39 Å². The van der Waals surface area contributed by atoms with Crippen molar-refractivity contribution in [1.29, 1.82) is 0 Å². The molecule has 0 fully saturated rings. The molecule has 0 saturated heterocycles. The molecule has 3 nitrogen and oxygen atoms in total. The summed E-state index contributed by atoms with van der Waals surface area (Å²) < 4.78 is 23.3. The normalized spacial score (nSPS) is 10.2. The maximum atomic E-state index is 12.7. The molecule has 2 aromatic carbocycles. The third kappa shape index (κ3) is 3.35. The van der Waals surface area contributed by atoms with E-state index < -0.39 is 0 Å². The Kier molecular flexibility index (Phi) is 4.35. The number of hydrogen-bond donors (Lipinski definition) is 0. The second-order valence-corrected chi connectivity index (χ2v) is 4.37. The Balaban J connectivity index is 2.07. The zero-order chi connectivity index (χ0) is 14.5. The van der Waals surface area contributed by atoms with Crippen molar-refractivity contribution < 1.29 is 18.7 Å². The Bertz CT molecular complexity index is 606. The highest BCUT2D eigenvalue weighted by Gasteiger charge is 2.13. The molecule has 104 valence electrons. The minimum Gasteiger partial charge on any atom is -0.496 e. The standard InChI is InChI=1S/C16H15FO3/c1-11-3-8-14(16(9-11)19-2)15(18)10-20-13-6-4-12(17)5-7-13/h3-9H,10H2,1-2H3. The summed E-state index contributed by atoms with van der Waals surface area (Å²) in [4.78, 5) is 12.1. The van der Waals surface area contributed by atoms with E-state index in [0.717, 1.165) is 5.56 Å². The number of carbonyl (C=O) groups excluding carboxylic acids is 1.